The predicted octanol–water partition coefficient (Wildman–Crippen LogP) is -0.482. The number of aliphatic carboxylic acids is 1. The molecule has 1 amide bonds. The summed E-state index contributed by atoms with van der Waals surface area (Å²) in [5.41, 5.74) is 0.454. The van der Waals surface area contributed by atoms with E-state index in [1.54, 1.807) is 27.2 Å². The van der Waals surface area contributed by atoms with E-state index >= 15 is 0 Å². The molecule has 0 bridgehead atoms. The minimum atomic E-state index is -1.10. The van der Waals surface area contributed by atoms with Crippen molar-refractivity contribution in [1.82, 2.24) is 20.4 Å². The molecule has 0 saturated heterocycles. The number of hydrogen-bond acceptors (Lipinski definition) is 4. The molecule has 1 rings (SSSR count). The molecule has 0 radical (unpaired) electrons. The van der Waals surface area contributed by atoms with Crippen LogP contribution in [0.1, 0.15) is 18.5 Å². The summed E-state index contributed by atoms with van der Waals surface area (Å²) in [6.07, 6.45) is 3.00. The zero-order valence-corrected chi connectivity index (χ0v) is 10.7. The molecule has 0 aromatic carbocycles. The number of aryl methyl sites for hydroxylation is 1. The third-order valence-corrected chi connectivity index (χ3v) is 2.55. The minimum Gasteiger partial charge on any atom is -0.479 e. The molecule has 0 aliphatic rings. The maximum Gasteiger partial charge on any atom is 0.331 e. The lowest BCUT2D eigenvalue weighted by molar-refractivity contribution is -0.142. The molecule has 18 heavy (non-hydrogen) atoms. The van der Waals surface area contributed by atoms with Gasteiger partial charge >= 0.3 is 5.97 Å². The lowest BCUT2D eigenvalue weighted by Gasteiger charge is -2.16. The lowest BCUT2D eigenvalue weighted by Crippen LogP contribution is -2.39. The molecule has 2 atom stereocenters. The van der Waals surface area contributed by atoms with Crippen molar-refractivity contribution < 1.29 is 14.7 Å². The molecule has 1 aromatic heterocycles. The van der Waals surface area contributed by atoms with Crippen LogP contribution in [0.4, 0.5) is 0 Å². The number of nitrogens with zero attached hydrogens (tertiary/aromatic N) is 2. The Morgan fingerprint density at radius 3 is 2.67 bits per heavy atom. The lowest BCUT2D eigenvalue weighted by atomic mass is 10.1. The first-order chi connectivity index (χ1) is 8.45. The van der Waals surface area contributed by atoms with Crippen LogP contribution >= 0.6 is 0 Å². The smallest absolute Gasteiger partial charge is 0.331 e. The van der Waals surface area contributed by atoms with Crippen molar-refractivity contribution in [3.63, 3.8) is 0 Å². The fourth-order valence-corrected chi connectivity index (χ4v) is 1.56. The van der Waals surface area contributed by atoms with Gasteiger partial charge in [0.25, 0.3) is 0 Å². The second-order valence-corrected chi connectivity index (χ2v) is 4.19. The third-order valence-electron chi connectivity index (χ3n) is 2.55. The number of rotatable bonds is 6. The normalized spacial score (nSPS) is 13.9. The van der Waals surface area contributed by atoms with Crippen LogP contribution in [0.25, 0.3) is 0 Å². The van der Waals surface area contributed by atoms with Crippen molar-refractivity contribution in [3.05, 3.63) is 18.0 Å². The highest BCUT2D eigenvalue weighted by atomic mass is 16.4. The highest BCUT2D eigenvalue weighted by Crippen LogP contribution is 2.12. The van der Waals surface area contributed by atoms with Crippen LogP contribution in [0, 0.1) is 5.92 Å². The summed E-state index contributed by atoms with van der Waals surface area (Å²) in [6, 6.07) is -1.06. The van der Waals surface area contributed by atoms with E-state index in [9.17, 15) is 9.59 Å². The van der Waals surface area contributed by atoms with Gasteiger partial charge in [-0.1, -0.05) is 6.92 Å². The van der Waals surface area contributed by atoms with Gasteiger partial charge in [-0.05, 0) is 7.05 Å². The number of carbonyl (C=O) groups excluding carboxylic acids is 1. The number of aromatic nitrogens is 2. The fourth-order valence-electron chi connectivity index (χ4n) is 1.56. The number of hydrogen-bond donors (Lipinski definition) is 3. The maximum atomic E-state index is 11.8. The number of amides is 1. The van der Waals surface area contributed by atoms with Gasteiger partial charge in [-0.3, -0.25) is 9.48 Å². The van der Waals surface area contributed by atoms with E-state index in [-0.39, 0.29) is 11.8 Å². The van der Waals surface area contributed by atoms with Gasteiger partial charge in [0, 0.05) is 31.3 Å². The molecule has 0 aliphatic heterocycles. The number of carboxylic acid groups (broad SMARTS) is 1. The second-order valence-electron chi connectivity index (χ2n) is 4.19. The van der Waals surface area contributed by atoms with Crippen molar-refractivity contribution in [3.8, 4) is 0 Å². The Kier molecular flexibility index (Phi) is 4.85. The average molecular weight is 254 g/mol. The molecule has 7 nitrogen and oxygen atoms in total. The van der Waals surface area contributed by atoms with E-state index in [1.165, 1.54) is 10.9 Å². The van der Waals surface area contributed by atoms with Crippen LogP contribution in [-0.2, 0) is 16.6 Å². The standard InChI is InChI=1S/C11H18N4O3/c1-7(4-12-2)10(16)14-9(11(17)18)8-5-13-15(3)6-8/h5-7,9,12H,4H2,1-3H3,(H,14,16)(H,17,18). The van der Waals surface area contributed by atoms with E-state index in [0.717, 1.165) is 0 Å². The van der Waals surface area contributed by atoms with Crippen molar-refractivity contribution in [2.24, 2.45) is 13.0 Å². The van der Waals surface area contributed by atoms with Crippen molar-refractivity contribution in [2.75, 3.05) is 13.6 Å². The van der Waals surface area contributed by atoms with Gasteiger partial charge in [0.1, 0.15) is 0 Å². The Morgan fingerprint density at radius 1 is 1.56 bits per heavy atom. The Labute approximate surface area is 105 Å². The molecule has 0 spiro atoms. The monoisotopic (exact) mass is 254 g/mol. The van der Waals surface area contributed by atoms with Gasteiger partial charge in [0.05, 0.1) is 6.20 Å². The highest BCUT2D eigenvalue weighted by Gasteiger charge is 2.25. The average Bonchev–Trinajstić information content (AvgIpc) is 2.72. The molecular weight excluding hydrogens is 236 g/mol. The van der Waals surface area contributed by atoms with Crippen LogP contribution in [0.15, 0.2) is 12.4 Å². The Hall–Kier alpha value is -1.89. The first-order valence-corrected chi connectivity index (χ1v) is 5.62. The summed E-state index contributed by atoms with van der Waals surface area (Å²) in [5.74, 6) is -1.71. The largest absolute Gasteiger partial charge is 0.479 e. The highest BCUT2D eigenvalue weighted by molar-refractivity contribution is 5.85. The Bertz CT molecular complexity index is 430. The minimum absolute atomic E-state index is 0.298. The van der Waals surface area contributed by atoms with Crippen LogP contribution in [0.3, 0.4) is 0 Å². The molecule has 0 saturated carbocycles. The summed E-state index contributed by atoms with van der Waals surface area (Å²) in [7, 11) is 3.42. The SMILES string of the molecule is CNCC(C)C(=O)NC(C(=O)O)c1cnn(C)c1. The number of carboxylic acids is 1. The van der Waals surface area contributed by atoms with Gasteiger partial charge in [-0.15, -0.1) is 0 Å². The van der Waals surface area contributed by atoms with E-state index in [1.807, 2.05) is 0 Å². The molecule has 1 aromatic rings. The predicted molar refractivity (Wildman–Crippen MR) is 64.8 cm³/mol. The van der Waals surface area contributed by atoms with Crippen LogP contribution < -0.4 is 10.6 Å². The first kappa shape index (κ1) is 14.2. The summed E-state index contributed by atoms with van der Waals surface area (Å²) in [4.78, 5) is 22.9. The fraction of sp³-hybridized carbons (Fsp3) is 0.545. The maximum absolute atomic E-state index is 11.8. The summed E-state index contributed by atoms with van der Waals surface area (Å²) in [6.45, 7) is 2.22. The second kappa shape index (κ2) is 6.15. The van der Waals surface area contributed by atoms with E-state index in [0.29, 0.717) is 12.1 Å². The summed E-state index contributed by atoms with van der Waals surface area (Å²) in [5, 5.41) is 18.4. The van der Waals surface area contributed by atoms with E-state index < -0.39 is 12.0 Å². The molecule has 3 N–H and O–H groups in total. The van der Waals surface area contributed by atoms with Crippen molar-refractivity contribution >= 4 is 11.9 Å². The third kappa shape index (κ3) is 3.56. The van der Waals surface area contributed by atoms with Crippen LogP contribution in [0.5, 0.6) is 0 Å². The summed E-state index contributed by atoms with van der Waals surface area (Å²) < 4.78 is 1.49. The number of carbonyl (C=O) groups is 2. The van der Waals surface area contributed by atoms with Crippen molar-refractivity contribution in [1.29, 1.82) is 0 Å². The molecule has 0 aliphatic carbocycles. The quantitative estimate of drug-likeness (QED) is 0.637. The summed E-state index contributed by atoms with van der Waals surface area (Å²) >= 11 is 0. The molecule has 0 fully saturated rings. The van der Waals surface area contributed by atoms with E-state index in [4.69, 9.17) is 5.11 Å². The molecule has 1 heterocycles. The first-order valence-electron chi connectivity index (χ1n) is 5.62. The van der Waals surface area contributed by atoms with Crippen molar-refractivity contribution in [2.45, 2.75) is 13.0 Å². The Morgan fingerprint density at radius 2 is 2.22 bits per heavy atom. The Balaban J connectivity index is 2.76. The molecule has 100 valence electrons. The van der Waals surface area contributed by atoms with E-state index in [2.05, 4.69) is 15.7 Å². The topological polar surface area (TPSA) is 96.2 Å². The molecule has 2 unspecified atom stereocenters. The van der Waals surface area contributed by atoms with Gasteiger partial charge in [0.2, 0.25) is 5.91 Å². The van der Waals surface area contributed by atoms with Gasteiger partial charge < -0.3 is 15.7 Å². The van der Waals surface area contributed by atoms with Gasteiger partial charge in [-0.2, -0.15) is 5.10 Å². The molecule has 7 heteroatoms. The van der Waals surface area contributed by atoms with Gasteiger partial charge in [-0.25, -0.2) is 4.79 Å². The van der Waals surface area contributed by atoms with Crippen LogP contribution in [0.2, 0.25) is 0 Å². The van der Waals surface area contributed by atoms with Crippen LogP contribution in [-0.4, -0.2) is 40.4 Å². The van der Waals surface area contributed by atoms with Gasteiger partial charge in [0.15, 0.2) is 6.04 Å². The number of nitrogens with one attached hydrogen (secondary N) is 2. The molecular formula is C11H18N4O3. The zero-order chi connectivity index (χ0) is 13.7. The zero-order valence-electron chi connectivity index (χ0n) is 10.7.